The molecule has 0 unspecified atom stereocenters. The Morgan fingerprint density at radius 2 is 1.69 bits per heavy atom. The molecule has 1 aromatic carbocycles. The summed E-state index contributed by atoms with van der Waals surface area (Å²) in [6, 6.07) is 10.4. The Morgan fingerprint density at radius 3 is 2.31 bits per heavy atom. The zero-order chi connectivity index (χ0) is 22.7. The molecule has 1 saturated carbocycles. The summed E-state index contributed by atoms with van der Waals surface area (Å²) in [4.78, 5) is 27.6. The molecular weight excluding hydrogens is 402 g/mol. The SMILES string of the molecule is Cc1nn(-c2ccccc2)c(N2CCC(C(=O)NC3CCCC3)CC2)c1NC(=O)C(C)C. The van der Waals surface area contributed by atoms with Crippen molar-refractivity contribution in [1.29, 1.82) is 0 Å². The van der Waals surface area contributed by atoms with Crippen molar-refractivity contribution in [2.45, 2.75) is 65.3 Å². The molecule has 2 aromatic rings. The van der Waals surface area contributed by atoms with Gasteiger partial charge in [-0.3, -0.25) is 9.59 Å². The molecule has 2 amide bonds. The Bertz CT molecular complexity index is 939. The molecular formula is C25H35N5O2. The summed E-state index contributed by atoms with van der Waals surface area (Å²) in [6.45, 7) is 7.22. The Hall–Kier alpha value is -2.83. The summed E-state index contributed by atoms with van der Waals surface area (Å²) in [5, 5.41) is 11.1. The van der Waals surface area contributed by atoms with Crippen LogP contribution in [-0.2, 0) is 9.59 Å². The Morgan fingerprint density at radius 1 is 1.03 bits per heavy atom. The fourth-order valence-electron chi connectivity index (χ4n) is 4.71. The first-order chi connectivity index (χ1) is 15.4. The number of carbonyl (C=O) groups is 2. The van der Waals surface area contributed by atoms with Crippen molar-refractivity contribution >= 4 is 23.3 Å². The first-order valence-corrected chi connectivity index (χ1v) is 11.9. The summed E-state index contributed by atoms with van der Waals surface area (Å²) in [6.07, 6.45) is 6.26. The van der Waals surface area contributed by atoms with Crippen molar-refractivity contribution in [2.24, 2.45) is 11.8 Å². The molecule has 4 rings (SSSR count). The molecule has 1 aromatic heterocycles. The average molecular weight is 438 g/mol. The molecule has 0 spiro atoms. The van der Waals surface area contributed by atoms with Crippen LogP contribution in [0.1, 0.15) is 58.1 Å². The van der Waals surface area contributed by atoms with Gasteiger partial charge in [0.2, 0.25) is 11.8 Å². The summed E-state index contributed by atoms with van der Waals surface area (Å²) >= 11 is 0. The van der Waals surface area contributed by atoms with Gasteiger partial charge in [-0.05, 0) is 44.7 Å². The highest BCUT2D eigenvalue weighted by molar-refractivity contribution is 5.96. The maximum atomic E-state index is 12.8. The van der Waals surface area contributed by atoms with Crippen molar-refractivity contribution in [3.05, 3.63) is 36.0 Å². The number of aromatic nitrogens is 2. The molecule has 172 valence electrons. The number of hydrogen-bond acceptors (Lipinski definition) is 4. The Balaban J connectivity index is 1.55. The van der Waals surface area contributed by atoms with E-state index < -0.39 is 0 Å². The van der Waals surface area contributed by atoms with E-state index in [9.17, 15) is 9.59 Å². The number of benzene rings is 1. The Labute approximate surface area is 190 Å². The third kappa shape index (κ3) is 4.81. The number of amides is 2. The number of para-hydroxylation sites is 1. The zero-order valence-electron chi connectivity index (χ0n) is 19.4. The fraction of sp³-hybridized carbons (Fsp3) is 0.560. The van der Waals surface area contributed by atoms with Crippen LogP contribution in [0, 0.1) is 18.8 Å². The van der Waals surface area contributed by atoms with Gasteiger partial charge in [-0.15, -0.1) is 0 Å². The van der Waals surface area contributed by atoms with Crippen LogP contribution >= 0.6 is 0 Å². The zero-order valence-corrected chi connectivity index (χ0v) is 19.4. The van der Waals surface area contributed by atoms with E-state index in [2.05, 4.69) is 15.5 Å². The van der Waals surface area contributed by atoms with Crippen LogP contribution in [-0.4, -0.2) is 40.7 Å². The highest BCUT2D eigenvalue weighted by Crippen LogP contribution is 2.35. The smallest absolute Gasteiger partial charge is 0.227 e. The van der Waals surface area contributed by atoms with E-state index in [1.165, 1.54) is 12.8 Å². The van der Waals surface area contributed by atoms with Crippen molar-refractivity contribution in [2.75, 3.05) is 23.3 Å². The second kappa shape index (κ2) is 9.76. The van der Waals surface area contributed by atoms with Crippen molar-refractivity contribution in [1.82, 2.24) is 15.1 Å². The van der Waals surface area contributed by atoms with Gasteiger partial charge in [-0.25, -0.2) is 4.68 Å². The van der Waals surface area contributed by atoms with E-state index in [-0.39, 0.29) is 23.7 Å². The van der Waals surface area contributed by atoms with E-state index in [4.69, 9.17) is 5.10 Å². The van der Waals surface area contributed by atoms with E-state index in [1.54, 1.807) is 0 Å². The monoisotopic (exact) mass is 437 g/mol. The lowest BCUT2D eigenvalue weighted by molar-refractivity contribution is -0.126. The lowest BCUT2D eigenvalue weighted by Crippen LogP contribution is -2.43. The van der Waals surface area contributed by atoms with E-state index >= 15 is 0 Å². The predicted octanol–water partition coefficient (Wildman–Crippen LogP) is 4.05. The van der Waals surface area contributed by atoms with Crippen LogP contribution in [0.5, 0.6) is 0 Å². The van der Waals surface area contributed by atoms with Gasteiger partial charge >= 0.3 is 0 Å². The van der Waals surface area contributed by atoms with Crippen LogP contribution in [0.2, 0.25) is 0 Å². The number of hydrogen-bond donors (Lipinski definition) is 2. The molecule has 2 N–H and O–H groups in total. The average Bonchev–Trinajstić information content (AvgIpc) is 3.42. The Kier molecular flexibility index (Phi) is 6.82. The number of carbonyl (C=O) groups excluding carboxylic acids is 2. The normalized spacial score (nSPS) is 17.7. The van der Waals surface area contributed by atoms with Gasteiger partial charge in [-0.1, -0.05) is 44.9 Å². The van der Waals surface area contributed by atoms with Gasteiger partial charge < -0.3 is 15.5 Å². The first-order valence-electron chi connectivity index (χ1n) is 11.9. The number of rotatable bonds is 6. The van der Waals surface area contributed by atoms with E-state index in [1.807, 2.05) is 55.8 Å². The van der Waals surface area contributed by atoms with Gasteiger partial charge in [-0.2, -0.15) is 5.10 Å². The van der Waals surface area contributed by atoms with Gasteiger partial charge in [0.15, 0.2) is 5.82 Å². The van der Waals surface area contributed by atoms with Gasteiger partial charge in [0, 0.05) is 31.0 Å². The number of piperidine rings is 1. The highest BCUT2D eigenvalue weighted by Gasteiger charge is 2.31. The number of aryl methyl sites for hydroxylation is 1. The maximum Gasteiger partial charge on any atom is 0.227 e. The quantitative estimate of drug-likeness (QED) is 0.715. The molecule has 1 aliphatic heterocycles. The third-order valence-corrected chi connectivity index (χ3v) is 6.68. The van der Waals surface area contributed by atoms with Gasteiger partial charge in [0.1, 0.15) is 5.69 Å². The van der Waals surface area contributed by atoms with Crippen LogP contribution in [0.3, 0.4) is 0 Å². The van der Waals surface area contributed by atoms with E-state index in [0.717, 1.165) is 61.7 Å². The molecule has 32 heavy (non-hydrogen) atoms. The largest absolute Gasteiger partial charge is 0.355 e. The van der Waals surface area contributed by atoms with Gasteiger partial charge in [0.25, 0.3) is 0 Å². The number of anilines is 2. The van der Waals surface area contributed by atoms with Crippen LogP contribution < -0.4 is 15.5 Å². The summed E-state index contributed by atoms with van der Waals surface area (Å²) < 4.78 is 1.92. The molecule has 0 atom stereocenters. The molecule has 2 heterocycles. The second-order valence-electron chi connectivity index (χ2n) is 9.43. The van der Waals surface area contributed by atoms with E-state index in [0.29, 0.717) is 6.04 Å². The van der Waals surface area contributed by atoms with Gasteiger partial charge in [0.05, 0.1) is 11.4 Å². The molecule has 1 saturated heterocycles. The second-order valence-corrected chi connectivity index (χ2v) is 9.43. The molecule has 2 aliphatic rings. The first kappa shape index (κ1) is 22.4. The standard InChI is InChI=1S/C25H35N5O2/c1-17(2)23(31)27-22-18(3)28-30(21-11-5-4-6-12-21)25(22)29-15-13-19(14-16-29)24(32)26-20-9-7-8-10-20/h4-6,11-12,17,19-20H,7-10,13-16H2,1-3H3,(H,26,32)(H,27,31). The van der Waals surface area contributed by atoms with Crippen LogP contribution in [0.4, 0.5) is 11.5 Å². The highest BCUT2D eigenvalue weighted by atomic mass is 16.2. The molecule has 7 nitrogen and oxygen atoms in total. The lowest BCUT2D eigenvalue weighted by atomic mass is 9.95. The summed E-state index contributed by atoms with van der Waals surface area (Å²) in [7, 11) is 0. The van der Waals surface area contributed by atoms with Crippen molar-refractivity contribution in [3.63, 3.8) is 0 Å². The summed E-state index contributed by atoms with van der Waals surface area (Å²) in [5.74, 6) is 1.02. The number of nitrogens with zero attached hydrogens (tertiary/aromatic N) is 3. The fourth-order valence-corrected chi connectivity index (χ4v) is 4.71. The van der Waals surface area contributed by atoms with Crippen molar-refractivity contribution < 1.29 is 9.59 Å². The summed E-state index contributed by atoms with van der Waals surface area (Å²) in [5.41, 5.74) is 2.51. The molecule has 2 fully saturated rings. The molecule has 7 heteroatoms. The molecule has 1 aliphatic carbocycles. The predicted molar refractivity (Wildman–Crippen MR) is 127 cm³/mol. The maximum absolute atomic E-state index is 12.8. The molecule has 0 radical (unpaired) electrons. The minimum absolute atomic E-state index is 0.0206. The lowest BCUT2D eigenvalue weighted by Gasteiger charge is -2.34. The molecule has 0 bridgehead atoms. The minimum atomic E-state index is -0.118. The van der Waals surface area contributed by atoms with Crippen LogP contribution in [0.25, 0.3) is 5.69 Å². The van der Waals surface area contributed by atoms with Crippen LogP contribution in [0.15, 0.2) is 30.3 Å². The topological polar surface area (TPSA) is 79.3 Å². The third-order valence-electron chi connectivity index (χ3n) is 6.68. The number of nitrogens with one attached hydrogen (secondary N) is 2. The minimum Gasteiger partial charge on any atom is -0.355 e. The van der Waals surface area contributed by atoms with Crippen molar-refractivity contribution in [3.8, 4) is 5.69 Å².